The maximum Gasteiger partial charge on any atom is 0.270 e. The predicted molar refractivity (Wildman–Crippen MR) is 137 cm³/mol. The minimum atomic E-state index is -0.656. The minimum absolute atomic E-state index is 0.0224. The maximum atomic E-state index is 15.2. The Morgan fingerprint density at radius 3 is 2.61 bits per heavy atom. The predicted octanol–water partition coefficient (Wildman–Crippen LogP) is 5.44. The van der Waals surface area contributed by atoms with Gasteiger partial charge in [-0.05, 0) is 81.9 Å². The number of hydrogen-bond donors (Lipinski definition) is 1. The van der Waals surface area contributed by atoms with E-state index in [-0.39, 0.29) is 21.8 Å². The van der Waals surface area contributed by atoms with Gasteiger partial charge in [0.1, 0.15) is 11.4 Å². The largest absolute Gasteiger partial charge is 0.363 e. The van der Waals surface area contributed by atoms with Crippen molar-refractivity contribution in [3.05, 3.63) is 69.5 Å². The van der Waals surface area contributed by atoms with E-state index in [2.05, 4.69) is 46.1 Å². The number of nitrogens with one attached hydrogen (secondary N) is 1. The first-order valence-electron chi connectivity index (χ1n) is 10.5. The molecule has 2 amide bonds. The normalized spacial score (nSPS) is 18.9. The molecule has 0 radical (unpaired) electrons. The van der Waals surface area contributed by atoms with E-state index >= 15 is 4.39 Å². The van der Waals surface area contributed by atoms with E-state index in [4.69, 9.17) is 12.2 Å². The third kappa shape index (κ3) is 4.13. The number of fused-ring (bicyclic) bond motifs is 1. The highest BCUT2D eigenvalue weighted by atomic mass is 79.9. The van der Waals surface area contributed by atoms with Gasteiger partial charge in [-0.2, -0.15) is 0 Å². The van der Waals surface area contributed by atoms with Crippen LogP contribution in [0.1, 0.15) is 38.8 Å². The molecule has 1 N–H and O–H groups in total. The quantitative estimate of drug-likeness (QED) is 0.328. The van der Waals surface area contributed by atoms with Crippen LogP contribution >= 0.6 is 28.1 Å². The summed E-state index contributed by atoms with van der Waals surface area (Å²) < 4.78 is 16.0. The number of nitrogens with zero attached hydrogens (tertiary/aromatic N) is 2. The number of allylic oxidation sites excluding steroid dienone is 1. The van der Waals surface area contributed by atoms with Gasteiger partial charge in [0.25, 0.3) is 11.8 Å². The van der Waals surface area contributed by atoms with Crippen LogP contribution in [0.2, 0.25) is 0 Å². The molecule has 2 aromatic carbocycles. The molecule has 0 bridgehead atoms. The van der Waals surface area contributed by atoms with Gasteiger partial charge in [-0.25, -0.2) is 4.39 Å². The Hall–Kier alpha value is -2.84. The Balaban J connectivity index is 1.80. The smallest absolute Gasteiger partial charge is 0.270 e. The van der Waals surface area contributed by atoms with E-state index in [9.17, 15) is 9.59 Å². The van der Waals surface area contributed by atoms with Crippen LogP contribution in [0.15, 0.2) is 52.5 Å². The number of benzene rings is 2. The number of hydrogen-bond acceptors (Lipinski definition) is 4. The molecule has 170 valence electrons. The summed E-state index contributed by atoms with van der Waals surface area (Å²) >= 11 is 8.61. The highest BCUT2D eigenvalue weighted by Gasteiger charge is 2.35. The molecule has 2 aromatic rings. The van der Waals surface area contributed by atoms with Gasteiger partial charge in [-0.1, -0.05) is 28.1 Å². The fourth-order valence-electron chi connectivity index (χ4n) is 4.47. The van der Waals surface area contributed by atoms with Crippen LogP contribution in [0.3, 0.4) is 0 Å². The second kappa shape index (κ2) is 8.50. The number of amides is 2. The standard InChI is InChI=1S/C25H23BrFN3O2S/c1-5-29-21-12-20(27)15(9-18(21)14(2)13-25(29,3)4)10-19-22(31)28-24(33)30(23(19)32)17-8-6-7-16(26)11-17/h6-13H,5H2,1-4H3,(H,28,31,33)/b19-10-. The zero-order valence-electron chi connectivity index (χ0n) is 18.7. The van der Waals surface area contributed by atoms with Crippen molar-refractivity contribution in [1.29, 1.82) is 0 Å². The van der Waals surface area contributed by atoms with Crippen molar-refractivity contribution in [1.82, 2.24) is 5.32 Å². The van der Waals surface area contributed by atoms with Gasteiger partial charge < -0.3 is 4.90 Å². The lowest BCUT2D eigenvalue weighted by Crippen LogP contribution is -2.54. The first kappa shape index (κ1) is 23.3. The molecule has 33 heavy (non-hydrogen) atoms. The average Bonchev–Trinajstić information content (AvgIpc) is 2.71. The topological polar surface area (TPSA) is 52.7 Å². The molecule has 0 saturated carbocycles. The number of likely N-dealkylation sites (N-methyl/N-ethyl adjacent to an activating group) is 1. The van der Waals surface area contributed by atoms with Crippen molar-refractivity contribution in [2.75, 3.05) is 16.3 Å². The van der Waals surface area contributed by atoms with Gasteiger partial charge in [-0.3, -0.25) is 19.8 Å². The molecular weight excluding hydrogens is 505 g/mol. The van der Waals surface area contributed by atoms with Crippen LogP contribution in [-0.4, -0.2) is 29.0 Å². The monoisotopic (exact) mass is 527 g/mol. The van der Waals surface area contributed by atoms with E-state index in [0.717, 1.165) is 21.3 Å². The molecule has 4 rings (SSSR count). The summed E-state index contributed by atoms with van der Waals surface area (Å²) in [5.74, 6) is -1.77. The molecular formula is C25H23BrFN3O2S. The lowest BCUT2D eigenvalue weighted by molar-refractivity contribution is -0.122. The van der Waals surface area contributed by atoms with Gasteiger partial charge in [-0.15, -0.1) is 0 Å². The Morgan fingerprint density at radius 1 is 1.21 bits per heavy atom. The summed E-state index contributed by atoms with van der Waals surface area (Å²) in [5, 5.41) is 2.52. The Kier molecular flexibility index (Phi) is 6.01. The molecule has 2 aliphatic rings. The van der Waals surface area contributed by atoms with Crippen LogP contribution in [0.4, 0.5) is 15.8 Å². The summed E-state index contributed by atoms with van der Waals surface area (Å²) in [6, 6.07) is 10.2. The van der Waals surface area contributed by atoms with Crippen molar-refractivity contribution < 1.29 is 14.0 Å². The molecule has 0 spiro atoms. The molecule has 1 fully saturated rings. The highest BCUT2D eigenvalue weighted by molar-refractivity contribution is 9.10. The van der Waals surface area contributed by atoms with Crippen LogP contribution in [-0.2, 0) is 9.59 Å². The summed E-state index contributed by atoms with van der Waals surface area (Å²) in [5.41, 5.74) is 2.89. The Bertz CT molecular complexity index is 1270. The molecule has 0 atom stereocenters. The highest BCUT2D eigenvalue weighted by Crippen LogP contribution is 2.40. The number of anilines is 2. The maximum absolute atomic E-state index is 15.2. The zero-order valence-corrected chi connectivity index (χ0v) is 21.1. The third-order valence-electron chi connectivity index (χ3n) is 5.88. The van der Waals surface area contributed by atoms with Gasteiger partial charge in [0.15, 0.2) is 5.11 Å². The zero-order chi connectivity index (χ0) is 24.1. The number of thiocarbonyl (C=S) groups is 1. The summed E-state index contributed by atoms with van der Waals surface area (Å²) in [6.45, 7) is 8.89. The second-order valence-electron chi connectivity index (χ2n) is 8.55. The molecule has 2 aliphatic heterocycles. The van der Waals surface area contributed by atoms with Gasteiger partial charge in [0, 0.05) is 27.8 Å². The summed E-state index contributed by atoms with van der Waals surface area (Å²) in [7, 11) is 0. The van der Waals surface area contributed by atoms with Gasteiger partial charge >= 0.3 is 0 Å². The number of rotatable bonds is 3. The minimum Gasteiger partial charge on any atom is -0.363 e. The first-order chi connectivity index (χ1) is 15.5. The number of carbonyl (C=O) groups is 2. The van der Waals surface area contributed by atoms with E-state index in [1.54, 1.807) is 24.3 Å². The summed E-state index contributed by atoms with van der Waals surface area (Å²) in [6.07, 6.45) is 3.43. The van der Waals surface area contributed by atoms with Gasteiger partial charge in [0.2, 0.25) is 0 Å². The summed E-state index contributed by atoms with van der Waals surface area (Å²) in [4.78, 5) is 29.3. The molecule has 8 heteroatoms. The van der Waals surface area contributed by atoms with E-state index in [1.807, 2.05) is 19.9 Å². The lowest BCUT2D eigenvalue weighted by Gasteiger charge is -2.43. The number of halogens is 2. The van der Waals surface area contributed by atoms with Crippen molar-refractivity contribution in [2.45, 2.75) is 33.2 Å². The van der Waals surface area contributed by atoms with E-state index in [0.29, 0.717) is 12.2 Å². The van der Waals surface area contributed by atoms with Crippen molar-refractivity contribution in [3.8, 4) is 0 Å². The number of carbonyl (C=O) groups excluding carboxylic acids is 2. The Labute approximate surface area is 206 Å². The van der Waals surface area contributed by atoms with E-state index in [1.165, 1.54) is 17.0 Å². The Morgan fingerprint density at radius 2 is 1.94 bits per heavy atom. The molecule has 5 nitrogen and oxygen atoms in total. The SMILES string of the molecule is CCN1c2cc(F)c(/C=C3/C(=O)NC(=S)N(c4cccc(Br)c4)C3=O)cc2C(C)=CC1(C)C. The average molecular weight is 528 g/mol. The second-order valence-corrected chi connectivity index (χ2v) is 9.86. The van der Waals surface area contributed by atoms with Crippen molar-refractivity contribution in [3.63, 3.8) is 0 Å². The first-order valence-corrected chi connectivity index (χ1v) is 11.7. The van der Waals surface area contributed by atoms with Crippen LogP contribution in [0.5, 0.6) is 0 Å². The molecule has 1 saturated heterocycles. The van der Waals surface area contributed by atoms with E-state index < -0.39 is 17.6 Å². The molecule has 0 aromatic heterocycles. The lowest BCUT2D eigenvalue weighted by atomic mass is 9.87. The van der Waals surface area contributed by atoms with Crippen LogP contribution in [0, 0.1) is 5.82 Å². The molecule has 2 heterocycles. The van der Waals surface area contributed by atoms with Crippen molar-refractivity contribution >= 4 is 68.1 Å². The third-order valence-corrected chi connectivity index (χ3v) is 6.66. The van der Waals surface area contributed by atoms with Crippen molar-refractivity contribution in [2.24, 2.45) is 0 Å². The fourth-order valence-corrected chi connectivity index (χ4v) is 5.13. The van der Waals surface area contributed by atoms with Gasteiger partial charge in [0.05, 0.1) is 11.2 Å². The molecule has 0 aliphatic carbocycles. The fraction of sp³-hybridized carbons (Fsp3) is 0.240. The molecule has 0 unspecified atom stereocenters. The van der Waals surface area contributed by atoms with Crippen LogP contribution < -0.4 is 15.1 Å². The van der Waals surface area contributed by atoms with Crippen LogP contribution in [0.25, 0.3) is 11.6 Å².